The summed E-state index contributed by atoms with van der Waals surface area (Å²) in [6.45, 7) is 6.15. The molecule has 2 aromatic rings. The van der Waals surface area contributed by atoms with Crippen LogP contribution < -0.4 is 9.04 Å². The lowest BCUT2D eigenvalue weighted by Gasteiger charge is -2.37. The number of esters is 1. The molecule has 9 nitrogen and oxygen atoms in total. The third-order valence-electron chi connectivity index (χ3n) is 6.54. The van der Waals surface area contributed by atoms with Crippen molar-refractivity contribution in [1.29, 1.82) is 0 Å². The summed E-state index contributed by atoms with van der Waals surface area (Å²) in [6.07, 6.45) is 4.32. The molecule has 2 aliphatic rings. The fraction of sp³-hybridized carbons (Fsp3) is 0.583. The highest BCUT2D eigenvalue weighted by Gasteiger charge is 2.38. The molecule has 0 N–H and O–H groups in total. The predicted octanol–water partition coefficient (Wildman–Crippen LogP) is 3.55. The number of ether oxygens (including phenoxy) is 3. The maximum absolute atomic E-state index is 13.9. The lowest BCUT2D eigenvalue weighted by atomic mass is 9.93. The van der Waals surface area contributed by atoms with Gasteiger partial charge in [0, 0.05) is 31.9 Å². The van der Waals surface area contributed by atoms with E-state index in [-0.39, 0.29) is 16.5 Å². The van der Waals surface area contributed by atoms with Gasteiger partial charge in [0.15, 0.2) is 0 Å². The van der Waals surface area contributed by atoms with Gasteiger partial charge in [-0.2, -0.15) is 5.10 Å². The zero-order valence-electron chi connectivity index (χ0n) is 20.0. The van der Waals surface area contributed by atoms with Crippen LogP contribution in [0.15, 0.2) is 29.2 Å². The van der Waals surface area contributed by atoms with Crippen molar-refractivity contribution in [2.24, 2.45) is 5.92 Å². The molecule has 1 saturated carbocycles. The van der Waals surface area contributed by atoms with Crippen LogP contribution in [0.25, 0.3) is 0 Å². The number of hydrogen-bond acceptors (Lipinski definition) is 7. The number of sulfonamides is 1. The molecule has 1 aliphatic carbocycles. The summed E-state index contributed by atoms with van der Waals surface area (Å²) in [5.41, 5.74) is 0.854. The van der Waals surface area contributed by atoms with Gasteiger partial charge in [-0.05, 0) is 70.1 Å². The maximum Gasteiger partial charge on any atom is 0.341 e. The molecule has 0 amide bonds. The van der Waals surface area contributed by atoms with E-state index < -0.39 is 16.0 Å². The van der Waals surface area contributed by atoms with E-state index in [1.807, 2.05) is 13.8 Å². The van der Waals surface area contributed by atoms with Crippen molar-refractivity contribution in [3.8, 4) is 5.75 Å². The van der Waals surface area contributed by atoms with Gasteiger partial charge in [0.05, 0.1) is 24.3 Å². The molecule has 1 aliphatic heterocycles. The highest BCUT2D eigenvalue weighted by Crippen LogP contribution is 2.36. The van der Waals surface area contributed by atoms with Gasteiger partial charge in [-0.15, -0.1) is 0 Å². The topological polar surface area (TPSA) is 100.0 Å². The van der Waals surface area contributed by atoms with Gasteiger partial charge >= 0.3 is 5.97 Å². The molecular formula is C24H33N3O6S. The Labute approximate surface area is 201 Å². The maximum atomic E-state index is 13.9. The molecule has 1 saturated heterocycles. The van der Waals surface area contributed by atoms with E-state index in [0.717, 1.165) is 37.8 Å². The van der Waals surface area contributed by atoms with Gasteiger partial charge in [0.1, 0.15) is 17.1 Å². The Morgan fingerprint density at radius 2 is 1.94 bits per heavy atom. The van der Waals surface area contributed by atoms with Gasteiger partial charge in [-0.1, -0.05) is 0 Å². The zero-order valence-corrected chi connectivity index (χ0v) is 20.8. The monoisotopic (exact) mass is 491 g/mol. The van der Waals surface area contributed by atoms with Crippen LogP contribution in [-0.4, -0.2) is 57.1 Å². The molecule has 1 aromatic heterocycles. The van der Waals surface area contributed by atoms with Crippen molar-refractivity contribution in [3.05, 3.63) is 35.5 Å². The first-order valence-corrected chi connectivity index (χ1v) is 13.3. The van der Waals surface area contributed by atoms with E-state index in [1.54, 1.807) is 16.8 Å². The summed E-state index contributed by atoms with van der Waals surface area (Å²) in [5, 5.41) is 4.45. The number of hydrogen-bond donors (Lipinski definition) is 0. The van der Waals surface area contributed by atoms with Crippen molar-refractivity contribution < 1.29 is 27.4 Å². The normalized spacial score (nSPS) is 17.3. The molecule has 0 unspecified atom stereocenters. The fourth-order valence-electron chi connectivity index (χ4n) is 4.37. The summed E-state index contributed by atoms with van der Waals surface area (Å²) in [4.78, 5) is 12.6. The molecule has 0 spiro atoms. The first-order valence-electron chi connectivity index (χ1n) is 11.9. The minimum Gasteiger partial charge on any atom is -0.492 e. The van der Waals surface area contributed by atoms with Crippen molar-refractivity contribution in [3.63, 3.8) is 0 Å². The number of aromatic nitrogens is 2. The summed E-state index contributed by atoms with van der Waals surface area (Å²) >= 11 is 0. The molecule has 4 rings (SSSR count). The summed E-state index contributed by atoms with van der Waals surface area (Å²) in [7, 11) is -2.68. The predicted molar refractivity (Wildman–Crippen MR) is 127 cm³/mol. The number of aryl methyl sites for hydroxylation is 2. The number of rotatable bonds is 9. The second-order valence-corrected chi connectivity index (χ2v) is 10.7. The molecule has 1 aromatic carbocycles. The van der Waals surface area contributed by atoms with Crippen LogP contribution in [0.5, 0.6) is 5.75 Å². The van der Waals surface area contributed by atoms with E-state index >= 15 is 0 Å². The van der Waals surface area contributed by atoms with Crippen molar-refractivity contribution >= 4 is 21.8 Å². The average Bonchev–Trinajstić information content (AvgIpc) is 3.19. The molecule has 0 atom stereocenters. The largest absolute Gasteiger partial charge is 0.492 e. The third-order valence-corrected chi connectivity index (χ3v) is 8.39. The van der Waals surface area contributed by atoms with Gasteiger partial charge in [-0.3, -0.25) is 0 Å². The minimum atomic E-state index is -3.96. The average molecular weight is 492 g/mol. The summed E-state index contributed by atoms with van der Waals surface area (Å²) in [5.74, 6) is 0.559. The third kappa shape index (κ3) is 4.93. The van der Waals surface area contributed by atoms with Crippen LogP contribution in [0, 0.1) is 12.8 Å². The van der Waals surface area contributed by atoms with Crippen molar-refractivity contribution in [2.75, 3.05) is 31.2 Å². The minimum absolute atomic E-state index is 0.0275. The molecule has 0 radical (unpaired) electrons. The molecular weight excluding hydrogens is 458 g/mol. The summed E-state index contributed by atoms with van der Waals surface area (Å²) < 4.78 is 47.3. The van der Waals surface area contributed by atoms with Gasteiger partial charge in [0.25, 0.3) is 10.0 Å². The Morgan fingerprint density at radius 3 is 2.56 bits per heavy atom. The number of carbonyl (C=O) groups excluding carboxylic acids is 1. The Morgan fingerprint density at radius 1 is 1.21 bits per heavy atom. The Balaban J connectivity index is 1.68. The number of anilines is 1. The van der Waals surface area contributed by atoms with E-state index in [4.69, 9.17) is 14.2 Å². The zero-order chi connectivity index (χ0) is 24.3. The van der Waals surface area contributed by atoms with Gasteiger partial charge in [-0.25, -0.2) is 22.2 Å². The second kappa shape index (κ2) is 10.4. The van der Waals surface area contributed by atoms with Crippen LogP contribution >= 0.6 is 0 Å². The Bertz CT molecular complexity index is 1120. The fourth-order valence-corrected chi connectivity index (χ4v) is 6.10. The standard InChI is InChI=1S/C24H33N3O6S/c1-4-26-23(14-17(2)25-26)27(19-6-5-7-19)34(29,30)20-8-9-22(21(15-20)24(28)31-3)33-16-18-10-12-32-13-11-18/h8-9,14-15,18-19H,4-7,10-13,16H2,1-3H3. The van der Waals surface area contributed by atoms with E-state index in [2.05, 4.69) is 5.10 Å². The SMILES string of the molecule is CCn1nc(C)cc1N(C1CCC1)S(=O)(=O)c1ccc(OCC2CCOCC2)c(C(=O)OC)c1. The van der Waals surface area contributed by atoms with Gasteiger partial charge in [0.2, 0.25) is 0 Å². The van der Waals surface area contributed by atoms with Gasteiger partial charge < -0.3 is 14.2 Å². The van der Waals surface area contributed by atoms with E-state index in [9.17, 15) is 13.2 Å². The number of nitrogens with zero attached hydrogens (tertiary/aromatic N) is 3. The Hall–Kier alpha value is -2.59. The lowest BCUT2D eigenvalue weighted by Crippen LogP contribution is -2.45. The van der Waals surface area contributed by atoms with Crippen LogP contribution in [0.2, 0.25) is 0 Å². The lowest BCUT2D eigenvalue weighted by molar-refractivity contribution is 0.0483. The van der Waals surface area contributed by atoms with E-state index in [1.165, 1.54) is 23.5 Å². The van der Waals surface area contributed by atoms with Crippen LogP contribution in [-0.2, 0) is 26.0 Å². The quantitative estimate of drug-likeness (QED) is 0.495. The number of benzene rings is 1. The van der Waals surface area contributed by atoms with Crippen LogP contribution in [0.3, 0.4) is 0 Å². The van der Waals surface area contributed by atoms with Crippen molar-refractivity contribution in [2.45, 2.75) is 63.4 Å². The number of carbonyl (C=O) groups is 1. The van der Waals surface area contributed by atoms with Crippen molar-refractivity contribution in [1.82, 2.24) is 9.78 Å². The van der Waals surface area contributed by atoms with Crippen LogP contribution in [0.4, 0.5) is 5.82 Å². The molecule has 2 heterocycles. The molecule has 0 bridgehead atoms. The molecule has 186 valence electrons. The second-order valence-electron chi connectivity index (χ2n) is 8.86. The summed E-state index contributed by atoms with van der Waals surface area (Å²) in [6, 6.07) is 6.08. The highest BCUT2D eigenvalue weighted by molar-refractivity contribution is 7.92. The molecule has 34 heavy (non-hydrogen) atoms. The Kier molecular flexibility index (Phi) is 7.47. The first kappa shape index (κ1) is 24.5. The number of methoxy groups -OCH3 is 1. The molecule has 10 heteroatoms. The van der Waals surface area contributed by atoms with E-state index in [0.29, 0.717) is 43.9 Å². The molecule has 2 fully saturated rings. The highest BCUT2D eigenvalue weighted by atomic mass is 32.2. The first-order chi connectivity index (χ1) is 16.3. The smallest absolute Gasteiger partial charge is 0.341 e. The van der Waals surface area contributed by atoms with Crippen LogP contribution in [0.1, 0.15) is 55.1 Å².